The normalized spacial score (nSPS) is 10.9. The van der Waals surface area contributed by atoms with Gasteiger partial charge in [0.2, 0.25) is 0 Å². The zero-order valence-corrected chi connectivity index (χ0v) is 17.4. The topological polar surface area (TPSA) is 109 Å². The lowest BCUT2D eigenvalue weighted by molar-refractivity contribution is 0.0995. The lowest BCUT2D eigenvalue weighted by atomic mass is 10.0. The molecule has 0 bridgehead atoms. The molecule has 0 aliphatic carbocycles. The molecule has 0 aliphatic heterocycles. The van der Waals surface area contributed by atoms with Crippen LogP contribution in [0.25, 0.3) is 22.0 Å². The van der Waals surface area contributed by atoms with Crippen molar-refractivity contribution in [1.82, 2.24) is 15.2 Å². The van der Waals surface area contributed by atoms with Crippen LogP contribution in [-0.4, -0.2) is 41.4 Å². The van der Waals surface area contributed by atoms with E-state index in [-0.39, 0.29) is 22.6 Å². The maximum atomic E-state index is 14.9. The predicted molar refractivity (Wildman–Crippen MR) is 115 cm³/mol. The number of amides is 1. The van der Waals surface area contributed by atoms with Crippen LogP contribution in [0.5, 0.6) is 17.2 Å². The van der Waals surface area contributed by atoms with Gasteiger partial charge >= 0.3 is 0 Å². The molecule has 2 aromatic carbocycles. The summed E-state index contributed by atoms with van der Waals surface area (Å²) in [7, 11) is 1.57. The first-order chi connectivity index (χ1) is 16.0. The van der Waals surface area contributed by atoms with Gasteiger partial charge in [0.15, 0.2) is 23.1 Å². The molecule has 0 atom stereocenters. The summed E-state index contributed by atoms with van der Waals surface area (Å²) in [6.45, 7) is 0.797. The molecule has 0 spiro atoms. The van der Waals surface area contributed by atoms with Crippen molar-refractivity contribution in [1.29, 1.82) is 0 Å². The highest BCUT2D eigenvalue weighted by atomic mass is 19.1. The Morgan fingerprint density at radius 1 is 1.03 bits per heavy atom. The number of hydrogen-bond donors (Lipinski definition) is 1. The van der Waals surface area contributed by atoms with Gasteiger partial charge in [0.1, 0.15) is 18.1 Å². The molecular formula is C23H18F2N4O4. The third-order valence-electron chi connectivity index (χ3n) is 4.71. The van der Waals surface area contributed by atoms with Crippen molar-refractivity contribution in [2.75, 3.05) is 20.3 Å². The third-order valence-corrected chi connectivity index (χ3v) is 4.71. The number of fused-ring (bicyclic) bond motifs is 1. The second kappa shape index (κ2) is 9.53. The molecule has 4 rings (SSSR count). The Kier molecular flexibility index (Phi) is 6.36. The van der Waals surface area contributed by atoms with E-state index in [9.17, 15) is 13.6 Å². The van der Waals surface area contributed by atoms with Gasteiger partial charge in [-0.3, -0.25) is 9.78 Å². The fourth-order valence-electron chi connectivity index (χ4n) is 3.19. The van der Waals surface area contributed by atoms with Crippen molar-refractivity contribution in [3.8, 4) is 28.4 Å². The Bertz CT molecular complexity index is 1310. The molecule has 2 N–H and O–H groups in total. The number of nitrogens with two attached hydrogens (primary N) is 1. The minimum Gasteiger partial charge on any atom is -0.491 e. The van der Waals surface area contributed by atoms with E-state index in [1.165, 1.54) is 24.5 Å². The summed E-state index contributed by atoms with van der Waals surface area (Å²) < 4.78 is 45.9. The van der Waals surface area contributed by atoms with Crippen LogP contribution in [0.15, 0.2) is 54.9 Å². The summed E-state index contributed by atoms with van der Waals surface area (Å²) in [5, 5.41) is 7.76. The van der Waals surface area contributed by atoms with Crippen LogP contribution < -0.4 is 15.2 Å². The van der Waals surface area contributed by atoms with E-state index in [0.29, 0.717) is 29.9 Å². The second-order valence-corrected chi connectivity index (χ2v) is 6.86. The first kappa shape index (κ1) is 22.0. The number of ether oxygens (including phenoxy) is 3. The molecule has 0 fully saturated rings. The molecule has 0 aliphatic rings. The van der Waals surface area contributed by atoms with Gasteiger partial charge in [0, 0.05) is 30.3 Å². The van der Waals surface area contributed by atoms with Gasteiger partial charge in [0.05, 0.1) is 18.3 Å². The van der Waals surface area contributed by atoms with E-state index in [1.807, 2.05) is 0 Å². The standard InChI is InChI=1S/C23H18F2N4O4/c1-31-8-9-32-14-2-3-16-19(12-14)27-6-5-20(16)33-22-17(24)10-13(11-18(22)25)15-4-7-28-29-21(15)23(26)30/h2-7,10-12H,8-9H2,1H3,(H2,26,30). The summed E-state index contributed by atoms with van der Waals surface area (Å²) in [6, 6.07) is 10.0. The number of rotatable bonds is 8. The average molecular weight is 452 g/mol. The highest BCUT2D eigenvalue weighted by Gasteiger charge is 2.19. The maximum absolute atomic E-state index is 14.9. The molecule has 8 nitrogen and oxygen atoms in total. The van der Waals surface area contributed by atoms with Gasteiger partial charge in [0.25, 0.3) is 5.91 Å². The monoisotopic (exact) mass is 452 g/mol. The van der Waals surface area contributed by atoms with Crippen molar-refractivity contribution in [2.24, 2.45) is 5.73 Å². The summed E-state index contributed by atoms with van der Waals surface area (Å²) in [6.07, 6.45) is 2.75. The SMILES string of the molecule is COCCOc1ccc2c(Oc3c(F)cc(-c4ccnnc4C(N)=O)cc3F)ccnc2c1. The van der Waals surface area contributed by atoms with Crippen LogP contribution in [0.3, 0.4) is 0 Å². The van der Waals surface area contributed by atoms with E-state index in [4.69, 9.17) is 19.9 Å². The van der Waals surface area contributed by atoms with Crippen molar-refractivity contribution < 1.29 is 27.8 Å². The van der Waals surface area contributed by atoms with Crippen molar-refractivity contribution in [3.63, 3.8) is 0 Å². The lowest BCUT2D eigenvalue weighted by Crippen LogP contribution is -2.15. The Balaban J connectivity index is 1.67. The number of hydrogen-bond acceptors (Lipinski definition) is 7. The number of carbonyl (C=O) groups is 1. The van der Waals surface area contributed by atoms with Crippen LogP contribution in [0.1, 0.15) is 10.5 Å². The first-order valence-electron chi connectivity index (χ1n) is 9.77. The largest absolute Gasteiger partial charge is 0.491 e. The zero-order chi connectivity index (χ0) is 23.4. The molecule has 2 aromatic heterocycles. The number of nitrogens with zero attached hydrogens (tertiary/aromatic N) is 3. The van der Waals surface area contributed by atoms with Crippen molar-refractivity contribution in [2.45, 2.75) is 0 Å². The van der Waals surface area contributed by atoms with Gasteiger partial charge < -0.3 is 19.9 Å². The molecule has 2 heterocycles. The molecule has 168 valence electrons. The number of benzene rings is 2. The minimum absolute atomic E-state index is 0.0680. The summed E-state index contributed by atoms with van der Waals surface area (Å²) in [5.41, 5.74) is 5.82. The molecule has 0 saturated heterocycles. The summed E-state index contributed by atoms with van der Waals surface area (Å²) in [4.78, 5) is 15.8. The van der Waals surface area contributed by atoms with E-state index >= 15 is 0 Å². The first-order valence-corrected chi connectivity index (χ1v) is 9.77. The molecule has 4 aromatic rings. The van der Waals surface area contributed by atoms with Crippen LogP contribution >= 0.6 is 0 Å². The number of carbonyl (C=O) groups excluding carboxylic acids is 1. The van der Waals surface area contributed by atoms with E-state index < -0.39 is 23.3 Å². The van der Waals surface area contributed by atoms with E-state index in [1.54, 1.807) is 25.3 Å². The summed E-state index contributed by atoms with van der Waals surface area (Å²) in [5.74, 6) is -2.63. The van der Waals surface area contributed by atoms with Crippen LogP contribution in [0, 0.1) is 11.6 Å². The molecule has 33 heavy (non-hydrogen) atoms. The number of aromatic nitrogens is 3. The van der Waals surface area contributed by atoms with E-state index in [0.717, 1.165) is 12.1 Å². The number of pyridine rings is 1. The lowest BCUT2D eigenvalue weighted by Gasteiger charge is -2.13. The highest BCUT2D eigenvalue weighted by molar-refractivity contribution is 5.97. The maximum Gasteiger partial charge on any atom is 0.269 e. The van der Waals surface area contributed by atoms with Gasteiger partial charge in [-0.05, 0) is 42.0 Å². The van der Waals surface area contributed by atoms with Crippen molar-refractivity contribution in [3.05, 3.63) is 72.2 Å². The average Bonchev–Trinajstić information content (AvgIpc) is 2.81. The smallest absolute Gasteiger partial charge is 0.269 e. The molecule has 0 radical (unpaired) electrons. The van der Waals surface area contributed by atoms with Gasteiger partial charge in [-0.25, -0.2) is 8.78 Å². The molecule has 0 unspecified atom stereocenters. The molecular weight excluding hydrogens is 434 g/mol. The highest BCUT2D eigenvalue weighted by Crippen LogP contribution is 2.36. The fourth-order valence-corrected chi connectivity index (χ4v) is 3.19. The van der Waals surface area contributed by atoms with Crippen LogP contribution in [-0.2, 0) is 4.74 Å². The Hall–Kier alpha value is -4.18. The van der Waals surface area contributed by atoms with E-state index in [2.05, 4.69) is 15.2 Å². The number of primary amides is 1. The predicted octanol–water partition coefficient (Wildman–Crippen LogP) is 3.89. The van der Waals surface area contributed by atoms with Crippen molar-refractivity contribution >= 4 is 16.8 Å². The Morgan fingerprint density at radius 2 is 1.82 bits per heavy atom. The quantitative estimate of drug-likeness (QED) is 0.404. The van der Waals surface area contributed by atoms with Gasteiger partial charge in [-0.15, -0.1) is 5.10 Å². The third kappa shape index (κ3) is 4.70. The van der Waals surface area contributed by atoms with Crippen LogP contribution in [0.4, 0.5) is 8.78 Å². The Morgan fingerprint density at radius 3 is 2.55 bits per heavy atom. The number of methoxy groups -OCH3 is 1. The fraction of sp³-hybridized carbons (Fsp3) is 0.130. The minimum atomic E-state index is -0.971. The van der Waals surface area contributed by atoms with Crippen LogP contribution in [0.2, 0.25) is 0 Å². The second-order valence-electron chi connectivity index (χ2n) is 6.86. The molecule has 10 heteroatoms. The Labute approximate surface area is 186 Å². The molecule has 1 amide bonds. The zero-order valence-electron chi connectivity index (χ0n) is 17.4. The molecule has 0 saturated carbocycles. The van der Waals surface area contributed by atoms with Gasteiger partial charge in [-0.1, -0.05) is 0 Å². The summed E-state index contributed by atoms with van der Waals surface area (Å²) >= 11 is 0. The number of halogens is 2. The van der Waals surface area contributed by atoms with Gasteiger partial charge in [-0.2, -0.15) is 5.10 Å².